The Morgan fingerprint density at radius 2 is 1.75 bits per heavy atom. The summed E-state index contributed by atoms with van der Waals surface area (Å²) >= 11 is 0. The van der Waals surface area contributed by atoms with Gasteiger partial charge >= 0.3 is 24.1 Å². The summed E-state index contributed by atoms with van der Waals surface area (Å²) in [5, 5.41) is 21.7. The Kier molecular flexibility index (Phi) is 16.4. The minimum atomic E-state index is -1.66. The molecule has 0 spiro atoms. The molecule has 2 amide bonds. The van der Waals surface area contributed by atoms with Crippen LogP contribution >= 0.6 is 0 Å². The Bertz CT molecular complexity index is 1960. The number of cyclic esters (lactones) is 1. The highest BCUT2D eigenvalue weighted by Gasteiger charge is 2.58. The van der Waals surface area contributed by atoms with Crippen molar-refractivity contribution in [3.8, 4) is 5.69 Å². The standard InChI is InChI=1S/C47H70N6O11/c1-13-36-47(10)40(51-45(59)64-47)29(6)37(54)28(5)23-46(9,63-44(58)49-20-14-15-32-16-18-33(19-17-32)53-25-48-24-50-53)41(60-35-22-27(4)21-34(38(35)55)52(11)12)30(7)39(31(8)43(57)61-36)62-42(56)26(2)3/h14-19,24-31,34-36,38-41,55H,13,20-23H2,1-12H3,(H,49,58)(H,51,59)/t27-,28-,29+,30+,31-,34+,35-,36-,38-,39+,40-,41-,46-,47-/m1/s1. The molecule has 2 aromatic rings. The molecule has 64 heavy (non-hydrogen) atoms. The first-order valence-electron chi connectivity index (χ1n) is 22.6. The van der Waals surface area contributed by atoms with Crippen molar-refractivity contribution in [1.82, 2.24) is 30.3 Å². The third kappa shape index (κ3) is 11.3. The third-order valence-corrected chi connectivity index (χ3v) is 13.4. The van der Waals surface area contributed by atoms with E-state index in [1.807, 2.05) is 49.3 Å². The first-order chi connectivity index (χ1) is 30.1. The van der Waals surface area contributed by atoms with E-state index in [0.29, 0.717) is 12.8 Å². The molecule has 1 aromatic carbocycles. The van der Waals surface area contributed by atoms with Gasteiger partial charge in [0.05, 0.1) is 35.8 Å². The number of aromatic nitrogens is 3. The molecular weight excluding hydrogens is 825 g/mol. The number of carbonyl (C=O) groups is 5. The number of likely N-dealkylation sites (N-methyl/N-ethyl adjacent to an activating group) is 1. The van der Waals surface area contributed by atoms with E-state index in [9.17, 15) is 29.1 Å². The molecule has 0 radical (unpaired) electrons. The molecule has 0 bridgehead atoms. The second-order valence-electron chi connectivity index (χ2n) is 19.1. The summed E-state index contributed by atoms with van der Waals surface area (Å²) in [6.45, 7) is 17.4. The van der Waals surface area contributed by atoms with Crippen molar-refractivity contribution in [1.29, 1.82) is 0 Å². The first-order valence-corrected chi connectivity index (χ1v) is 22.6. The molecule has 2 aliphatic heterocycles. The van der Waals surface area contributed by atoms with E-state index in [2.05, 4.69) is 27.6 Å². The van der Waals surface area contributed by atoms with Gasteiger partial charge in [-0.25, -0.2) is 19.3 Å². The number of alkyl carbamates (subject to hydrolysis) is 2. The van der Waals surface area contributed by atoms with Crippen molar-refractivity contribution in [2.45, 2.75) is 149 Å². The number of fused-ring (bicyclic) bond motifs is 1. The maximum atomic E-state index is 14.7. The van der Waals surface area contributed by atoms with Crippen LogP contribution in [-0.4, -0.2) is 129 Å². The lowest BCUT2D eigenvalue weighted by molar-refractivity contribution is -0.215. The summed E-state index contributed by atoms with van der Waals surface area (Å²) in [7, 11) is 3.78. The Hall–Kier alpha value is -4.87. The number of nitrogens with one attached hydrogen (secondary N) is 2. The van der Waals surface area contributed by atoms with Crippen molar-refractivity contribution in [2.75, 3.05) is 20.6 Å². The molecule has 3 heterocycles. The van der Waals surface area contributed by atoms with Crippen LogP contribution in [0.4, 0.5) is 9.59 Å². The maximum absolute atomic E-state index is 14.7. The number of amides is 2. The lowest BCUT2D eigenvalue weighted by Gasteiger charge is -2.48. The van der Waals surface area contributed by atoms with Crippen molar-refractivity contribution < 1.29 is 52.8 Å². The number of nitrogens with zero attached hydrogens (tertiary/aromatic N) is 4. The van der Waals surface area contributed by atoms with Gasteiger partial charge in [-0.3, -0.25) is 14.4 Å². The largest absolute Gasteiger partial charge is 0.461 e. The van der Waals surface area contributed by atoms with Gasteiger partial charge in [-0.2, -0.15) is 5.10 Å². The maximum Gasteiger partial charge on any atom is 0.408 e. The second kappa shape index (κ2) is 21.0. The van der Waals surface area contributed by atoms with Gasteiger partial charge in [0.15, 0.2) is 5.60 Å². The van der Waals surface area contributed by atoms with Gasteiger partial charge in [-0.1, -0.05) is 72.8 Å². The first kappa shape index (κ1) is 50.1. The van der Waals surface area contributed by atoms with E-state index in [4.69, 9.17) is 23.7 Å². The van der Waals surface area contributed by atoms with Crippen molar-refractivity contribution in [3.05, 3.63) is 48.6 Å². The summed E-state index contributed by atoms with van der Waals surface area (Å²) < 4.78 is 33.4. The number of benzene rings is 1. The van der Waals surface area contributed by atoms with E-state index in [1.54, 1.807) is 79.4 Å². The van der Waals surface area contributed by atoms with Crippen LogP contribution in [0.2, 0.25) is 0 Å². The predicted octanol–water partition coefficient (Wildman–Crippen LogP) is 5.51. The molecule has 5 rings (SSSR count). The minimum Gasteiger partial charge on any atom is -0.461 e. The SMILES string of the molecule is CC[C@H]1OC(=O)[C@H](C)[C@@H](OC(=O)C(C)C)[C@H](C)[C@@H](O[C@@H]2C[C@H](C)C[C@H](N(C)C)[C@H]2O)[C@](C)(OC(=O)NCC=Cc2ccc(-n3cncn3)cc2)C[C@@H](C)C(=O)[C@H](C)[C@H]2NC(=O)O[C@@]21C. The zero-order valence-corrected chi connectivity index (χ0v) is 39.5. The number of hydrogen-bond acceptors (Lipinski definition) is 14. The van der Waals surface area contributed by atoms with E-state index in [-0.39, 0.29) is 37.1 Å². The second-order valence-corrected chi connectivity index (χ2v) is 19.1. The molecule has 17 heteroatoms. The van der Waals surface area contributed by atoms with Crippen LogP contribution in [0.1, 0.15) is 100 Å². The number of carbonyl (C=O) groups excluding carboxylic acids is 5. The predicted molar refractivity (Wildman–Crippen MR) is 237 cm³/mol. The highest BCUT2D eigenvalue weighted by Crippen LogP contribution is 2.42. The highest BCUT2D eigenvalue weighted by molar-refractivity contribution is 5.85. The Morgan fingerprint density at radius 1 is 1.06 bits per heavy atom. The third-order valence-electron chi connectivity index (χ3n) is 13.4. The molecule has 1 aromatic heterocycles. The van der Waals surface area contributed by atoms with E-state index < -0.39 is 101 Å². The zero-order chi connectivity index (χ0) is 47.3. The highest BCUT2D eigenvalue weighted by atomic mass is 16.6. The zero-order valence-electron chi connectivity index (χ0n) is 39.5. The number of Topliss-reactive ketones (excluding diaryl/α,β-unsaturated/α-hetero) is 1. The van der Waals surface area contributed by atoms with Crippen LogP contribution in [0.25, 0.3) is 11.8 Å². The fourth-order valence-electron chi connectivity index (χ4n) is 9.84. The Balaban J connectivity index is 1.57. The van der Waals surface area contributed by atoms with Gasteiger partial charge < -0.3 is 44.3 Å². The molecule has 3 fully saturated rings. The molecule has 17 nitrogen and oxygen atoms in total. The number of hydrogen-bond donors (Lipinski definition) is 3. The number of aliphatic hydroxyl groups excluding tert-OH is 1. The van der Waals surface area contributed by atoms with Crippen LogP contribution in [0.3, 0.4) is 0 Å². The molecule has 1 saturated carbocycles. The van der Waals surface area contributed by atoms with Gasteiger partial charge in [0.25, 0.3) is 0 Å². The van der Waals surface area contributed by atoms with Crippen molar-refractivity contribution in [2.24, 2.45) is 35.5 Å². The number of rotatable bonds is 11. The fourth-order valence-corrected chi connectivity index (χ4v) is 9.84. The smallest absolute Gasteiger partial charge is 0.408 e. The minimum absolute atomic E-state index is 0.0752. The van der Waals surface area contributed by atoms with Crippen LogP contribution in [-0.2, 0) is 38.1 Å². The van der Waals surface area contributed by atoms with Crippen LogP contribution in [0, 0.1) is 35.5 Å². The monoisotopic (exact) mass is 895 g/mol. The van der Waals surface area contributed by atoms with Gasteiger partial charge in [0, 0.05) is 30.3 Å². The molecule has 0 unspecified atom stereocenters. The summed E-state index contributed by atoms with van der Waals surface area (Å²) in [6, 6.07) is 6.43. The number of aliphatic hydroxyl groups is 1. The van der Waals surface area contributed by atoms with Gasteiger partial charge in [0.2, 0.25) is 0 Å². The lowest BCUT2D eigenvalue weighted by atomic mass is 9.73. The van der Waals surface area contributed by atoms with Gasteiger partial charge in [-0.15, -0.1) is 0 Å². The average Bonchev–Trinajstić information content (AvgIpc) is 3.90. The number of esters is 2. The lowest BCUT2D eigenvalue weighted by Crippen LogP contribution is -2.61. The molecular formula is C47H70N6O11. The summed E-state index contributed by atoms with van der Waals surface area (Å²) in [5.41, 5.74) is -1.39. The van der Waals surface area contributed by atoms with Crippen molar-refractivity contribution >= 4 is 36.0 Å². The number of ketones is 1. The molecule has 1 aliphatic carbocycles. The van der Waals surface area contributed by atoms with Crippen molar-refractivity contribution in [3.63, 3.8) is 0 Å². The molecule has 14 atom stereocenters. The average molecular weight is 895 g/mol. The van der Waals surface area contributed by atoms with Crippen LogP contribution < -0.4 is 10.6 Å². The Morgan fingerprint density at radius 3 is 2.36 bits per heavy atom. The topological polar surface area (TPSA) is 210 Å². The molecule has 354 valence electrons. The molecule has 3 aliphatic rings. The summed E-state index contributed by atoms with van der Waals surface area (Å²) in [6.07, 6.45) is 1.33. The Labute approximate surface area is 377 Å². The summed E-state index contributed by atoms with van der Waals surface area (Å²) in [4.78, 5) is 75.6. The fraction of sp³-hybridized carbons (Fsp3) is 0.681. The van der Waals surface area contributed by atoms with E-state index in [1.165, 1.54) is 6.33 Å². The number of ether oxygens (including phenoxy) is 5. The molecule has 3 N–H and O–H groups in total. The normalized spacial score (nSPS) is 35.3. The van der Waals surface area contributed by atoms with E-state index in [0.717, 1.165) is 11.3 Å². The summed E-state index contributed by atoms with van der Waals surface area (Å²) in [5.74, 6) is -5.69. The quantitative estimate of drug-likeness (QED) is 0.188. The van der Waals surface area contributed by atoms with E-state index >= 15 is 0 Å². The molecule has 2 saturated heterocycles. The van der Waals surface area contributed by atoms with Gasteiger partial charge in [0.1, 0.15) is 42.4 Å². The van der Waals surface area contributed by atoms with Crippen LogP contribution in [0.5, 0.6) is 0 Å². The van der Waals surface area contributed by atoms with Gasteiger partial charge in [-0.05, 0) is 84.2 Å². The van der Waals surface area contributed by atoms with Crippen LogP contribution in [0.15, 0.2) is 43.0 Å².